The van der Waals surface area contributed by atoms with Gasteiger partial charge >= 0.3 is 0 Å². The van der Waals surface area contributed by atoms with Crippen LogP contribution < -0.4 is 5.73 Å². The van der Waals surface area contributed by atoms with Gasteiger partial charge < -0.3 is 11.1 Å². The number of nitrogens with one attached hydrogen (secondary N) is 1. The molecule has 0 unspecified atom stereocenters. The van der Waals surface area contributed by atoms with Gasteiger partial charge in [-0.3, -0.25) is 0 Å². The first-order chi connectivity index (χ1) is 23.3. The summed E-state index contributed by atoms with van der Waals surface area (Å²) < 4.78 is 0. The van der Waals surface area contributed by atoms with Crippen molar-refractivity contribution >= 4 is 17.4 Å². The minimum Gasteiger partial charge on any atom is -0.390 e. The molecule has 2 aliphatic rings. The van der Waals surface area contributed by atoms with E-state index in [2.05, 4.69) is 43.9 Å². The van der Waals surface area contributed by atoms with Gasteiger partial charge in [-0.15, -0.1) is 0 Å². The Bertz CT molecular complexity index is 2220. The molecular formula is C42H32N6. The molecule has 48 heavy (non-hydrogen) atoms. The third kappa shape index (κ3) is 5.84. The molecule has 6 nitrogen and oxygen atoms in total. The Hall–Kier alpha value is -6.73. The van der Waals surface area contributed by atoms with E-state index in [0.717, 1.165) is 73.9 Å². The van der Waals surface area contributed by atoms with Crippen LogP contribution in [-0.4, -0.2) is 6.21 Å². The molecule has 0 saturated carbocycles. The van der Waals surface area contributed by atoms with E-state index in [1.807, 2.05) is 55.5 Å². The van der Waals surface area contributed by atoms with Gasteiger partial charge in [0.05, 0.1) is 28.8 Å². The average molecular weight is 621 g/mol. The van der Waals surface area contributed by atoms with Gasteiger partial charge in [0.25, 0.3) is 0 Å². The number of nitrogens with zero attached hydrogens (tertiary/aromatic N) is 4. The monoisotopic (exact) mass is 620 g/mol. The van der Waals surface area contributed by atoms with Gasteiger partial charge in [-0.05, 0) is 111 Å². The number of hydrogen-bond donors (Lipinski definition) is 2. The fourth-order valence-electron chi connectivity index (χ4n) is 6.53. The summed E-state index contributed by atoms with van der Waals surface area (Å²) in [6.07, 6.45) is 9.02. The zero-order valence-corrected chi connectivity index (χ0v) is 26.9. The Morgan fingerprint density at radius 1 is 0.812 bits per heavy atom. The molecule has 5 rings (SSSR count). The molecule has 0 spiro atoms. The third-order valence-corrected chi connectivity index (χ3v) is 8.69. The molecule has 0 aromatic heterocycles. The van der Waals surface area contributed by atoms with Gasteiger partial charge in [0.15, 0.2) is 0 Å². The van der Waals surface area contributed by atoms with E-state index < -0.39 is 0 Å². The third-order valence-electron chi connectivity index (χ3n) is 8.69. The second kappa shape index (κ2) is 14.1. The predicted octanol–water partition coefficient (Wildman–Crippen LogP) is 8.94. The first kappa shape index (κ1) is 32.7. The van der Waals surface area contributed by atoms with Crippen LogP contribution in [0.4, 0.5) is 0 Å². The van der Waals surface area contributed by atoms with E-state index in [9.17, 15) is 21.0 Å². The van der Waals surface area contributed by atoms with Crippen molar-refractivity contribution in [2.24, 2.45) is 5.73 Å². The summed E-state index contributed by atoms with van der Waals surface area (Å²) in [7, 11) is 0. The van der Waals surface area contributed by atoms with Crippen LogP contribution in [0.1, 0.15) is 54.5 Å². The first-order valence-corrected chi connectivity index (χ1v) is 15.5. The van der Waals surface area contributed by atoms with E-state index in [1.54, 1.807) is 30.3 Å². The quantitative estimate of drug-likeness (QED) is 0.181. The largest absolute Gasteiger partial charge is 0.390 e. The van der Waals surface area contributed by atoms with Gasteiger partial charge in [0, 0.05) is 17.4 Å². The summed E-state index contributed by atoms with van der Waals surface area (Å²) >= 11 is 0. The van der Waals surface area contributed by atoms with E-state index in [4.69, 9.17) is 11.1 Å². The van der Waals surface area contributed by atoms with Gasteiger partial charge in [0.1, 0.15) is 17.8 Å². The highest BCUT2D eigenvalue weighted by molar-refractivity contribution is 6.13. The van der Waals surface area contributed by atoms with E-state index >= 15 is 0 Å². The minimum absolute atomic E-state index is 0.113. The second-order valence-corrected chi connectivity index (χ2v) is 11.4. The molecule has 3 N–H and O–H groups in total. The number of fused-ring (bicyclic) bond motifs is 1. The summed E-state index contributed by atoms with van der Waals surface area (Å²) in [5.74, 6) is 0. The summed E-state index contributed by atoms with van der Waals surface area (Å²) in [5, 5.41) is 46.8. The van der Waals surface area contributed by atoms with Crippen LogP contribution in [-0.2, 0) is 6.42 Å². The van der Waals surface area contributed by atoms with Crippen LogP contribution in [0, 0.1) is 50.7 Å². The summed E-state index contributed by atoms with van der Waals surface area (Å²) in [4.78, 5) is 0. The normalized spacial score (nSPS) is 15.9. The highest BCUT2D eigenvalue weighted by atomic mass is 14.6. The molecule has 6 heteroatoms. The lowest BCUT2D eigenvalue weighted by atomic mass is 9.88. The molecule has 3 aromatic rings. The van der Waals surface area contributed by atoms with Crippen molar-refractivity contribution in [2.45, 2.75) is 33.1 Å². The van der Waals surface area contributed by atoms with Crippen molar-refractivity contribution in [3.8, 4) is 35.4 Å². The van der Waals surface area contributed by atoms with Crippen molar-refractivity contribution in [3.63, 3.8) is 0 Å². The van der Waals surface area contributed by atoms with Gasteiger partial charge in [0.2, 0.25) is 0 Å². The predicted molar refractivity (Wildman–Crippen MR) is 190 cm³/mol. The lowest BCUT2D eigenvalue weighted by Gasteiger charge is -2.15. The van der Waals surface area contributed by atoms with Crippen LogP contribution >= 0.6 is 0 Å². The minimum atomic E-state index is 0.113. The number of nitrogens with two attached hydrogens (primary N) is 1. The van der Waals surface area contributed by atoms with Crippen LogP contribution in [0.3, 0.4) is 0 Å². The summed E-state index contributed by atoms with van der Waals surface area (Å²) in [6.45, 7) is 8.18. The Labute approximate surface area is 281 Å². The van der Waals surface area contributed by atoms with E-state index in [1.165, 1.54) is 0 Å². The van der Waals surface area contributed by atoms with Crippen LogP contribution in [0.25, 0.3) is 22.3 Å². The van der Waals surface area contributed by atoms with Gasteiger partial charge in [-0.1, -0.05) is 74.5 Å². The van der Waals surface area contributed by atoms with Crippen molar-refractivity contribution in [1.82, 2.24) is 0 Å². The van der Waals surface area contributed by atoms with Crippen molar-refractivity contribution in [1.29, 1.82) is 26.5 Å². The Kier molecular flexibility index (Phi) is 9.62. The fraction of sp³-hybridized carbons (Fsp3) is 0.119. The zero-order chi connectivity index (χ0) is 34.4. The number of rotatable bonds is 9. The van der Waals surface area contributed by atoms with Crippen molar-refractivity contribution in [2.75, 3.05) is 0 Å². The van der Waals surface area contributed by atoms with Crippen molar-refractivity contribution in [3.05, 3.63) is 164 Å². The fourth-order valence-corrected chi connectivity index (χ4v) is 6.53. The topological polar surface area (TPSA) is 145 Å². The van der Waals surface area contributed by atoms with Crippen molar-refractivity contribution < 1.29 is 0 Å². The molecule has 0 heterocycles. The summed E-state index contributed by atoms with van der Waals surface area (Å²) in [5.41, 5.74) is 19.2. The standard InChI is InChI=1S/C42H32N6/c1-4-7-36-41(38(48)25-47)33(5-2)34(9-6-8-27-10-12-28(21-43)13-11-27)42(36)40-26(3)39(32(23-45)24-46)37-20-31(18-19-35(37)40)30-16-14-29(22-44)15-17-30/h5-6,9-20,23,45H,2,4,7-8,48H2,1,3H3/b9-6-,39-32-,41-38-,45-23?. The Morgan fingerprint density at radius 2 is 1.46 bits per heavy atom. The molecule has 0 fully saturated rings. The first-order valence-electron chi connectivity index (χ1n) is 15.5. The molecule has 2 aliphatic carbocycles. The molecule has 3 aromatic carbocycles. The maximum Gasteiger partial charge on any atom is 0.119 e. The number of nitriles is 4. The van der Waals surface area contributed by atoms with E-state index in [0.29, 0.717) is 35.1 Å². The van der Waals surface area contributed by atoms with Crippen LogP contribution in [0.15, 0.2) is 136 Å². The Balaban J connectivity index is 1.78. The molecule has 0 saturated heterocycles. The molecule has 0 amide bonds. The number of hydrogen-bond acceptors (Lipinski definition) is 6. The highest BCUT2D eigenvalue weighted by Gasteiger charge is 2.36. The molecular weight excluding hydrogens is 589 g/mol. The lowest BCUT2D eigenvalue weighted by molar-refractivity contribution is 0.912. The molecule has 0 aliphatic heterocycles. The number of benzene rings is 3. The Morgan fingerprint density at radius 3 is 2.02 bits per heavy atom. The second-order valence-electron chi connectivity index (χ2n) is 11.4. The zero-order valence-electron chi connectivity index (χ0n) is 26.9. The molecule has 0 atom stereocenters. The van der Waals surface area contributed by atoms with Gasteiger partial charge in [-0.2, -0.15) is 21.0 Å². The molecule has 230 valence electrons. The van der Waals surface area contributed by atoms with Crippen LogP contribution in [0.2, 0.25) is 0 Å². The lowest BCUT2D eigenvalue weighted by Crippen LogP contribution is -2.03. The smallest absolute Gasteiger partial charge is 0.119 e. The van der Waals surface area contributed by atoms with Gasteiger partial charge in [-0.25, -0.2) is 0 Å². The maximum atomic E-state index is 10.2. The van der Waals surface area contributed by atoms with E-state index in [-0.39, 0.29) is 11.3 Å². The maximum absolute atomic E-state index is 10.2. The highest BCUT2D eigenvalue weighted by Crippen LogP contribution is 2.54. The number of allylic oxidation sites excluding steroid dienone is 13. The SMILES string of the molecule is C=CC1=C(/C=C\Cc2ccc(C#N)cc2)C(C2=C(C)/C(=C(/C#N)C=N)c3cc(-c4ccc(C#N)cc4)ccc32)=C(CCC)/C1=C(\N)C#N. The average Bonchev–Trinajstić information content (AvgIpc) is 3.58. The van der Waals surface area contributed by atoms with Crippen LogP contribution in [0.5, 0.6) is 0 Å². The summed E-state index contributed by atoms with van der Waals surface area (Å²) in [6, 6.07) is 29.6. The molecule has 0 bridgehead atoms. The molecule has 0 radical (unpaired) electrons.